The number of Topliss-reactive ketones (excluding diaryl/α,β-unsaturated/α-hetero) is 1. The molecule has 286 valence electrons. The molecular weight excluding hydrogens is 708 g/mol. The third-order valence-corrected chi connectivity index (χ3v) is 11.3. The van der Waals surface area contributed by atoms with Gasteiger partial charge in [0.1, 0.15) is 47.7 Å². The monoisotopic (exact) mass is 751 g/mol. The van der Waals surface area contributed by atoms with E-state index in [2.05, 4.69) is 4.99 Å². The van der Waals surface area contributed by atoms with Crippen LogP contribution in [0.4, 0.5) is 0 Å². The van der Waals surface area contributed by atoms with Gasteiger partial charge in [0.05, 0.1) is 49.6 Å². The second-order valence-electron chi connectivity index (χ2n) is 14.7. The summed E-state index contributed by atoms with van der Waals surface area (Å²) in [5.41, 5.74) is 2.05. The summed E-state index contributed by atoms with van der Waals surface area (Å²) < 4.78 is 23.8. The number of fused-ring (bicyclic) bond motifs is 3. The number of rotatable bonds is 12. The molecule has 3 aromatic rings. The fourth-order valence-corrected chi connectivity index (χ4v) is 8.26. The third kappa shape index (κ3) is 6.60. The molecule has 13 nitrogen and oxygen atoms in total. The number of benzene rings is 3. The summed E-state index contributed by atoms with van der Waals surface area (Å²) in [6.45, 7) is -1.19. The Bertz CT molecular complexity index is 2150. The highest BCUT2D eigenvalue weighted by atomic mass is 16.7. The Hall–Kier alpha value is -5.02. The number of aromatic hydroxyl groups is 1. The van der Waals surface area contributed by atoms with E-state index in [0.717, 1.165) is 48.1 Å². The second kappa shape index (κ2) is 14.9. The zero-order valence-corrected chi connectivity index (χ0v) is 30.3. The highest BCUT2D eigenvalue weighted by Crippen LogP contribution is 2.47. The molecule has 1 saturated heterocycles. The summed E-state index contributed by atoms with van der Waals surface area (Å²) in [6, 6.07) is 12.1. The van der Waals surface area contributed by atoms with Gasteiger partial charge in [-0.3, -0.25) is 9.59 Å². The summed E-state index contributed by atoms with van der Waals surface area (Å²) in [5, 5.41) is 56.8. The molecule has 3 aromatic carbocycles. The van der Waals surface area contributed by atoms with Crippen LogP contribution in [-0.2, 0) is 16.0 Å². The molecule has 5 atom stereocenters. The Kier molecular flexibility index (Phi) is 10.0. The van der Waals surface area contributed by atoms with Crippen LogP contribution in [0.1, 0.15) is 63.4 Å². The summed E-state index contributed by atoms with van der Waals surface area (Å²) in [6.07, 6.45) is 6.15. The lowest BCUT2D eigenvalue weighted by Gasteiger charge is -2.47. The summed E-state index contributed by atoms with van der Waals surface area (Å²) in [7, 11) is 1.45. The first kappa shape index (κ1) is 36.9. The standard InChI is InChI=1S/C42H42N2O11/c1-52-27-14-25-15-30(23-8-2-3-9-23)36(32(46)19-44-18-24-10-4-5-12-29(24)40(44)50)38(48)35(25)33(16-27)54-41-42(51,22-45)39(49)37(47)34(55-41)21-53-20-26-17-43-31-13-7-6-11-28(26)31/h4-7,10-17,23,34,37,39,41,45,47,49,51H,2-3,8-9,18-22H2,1H3/p+1. The molecule has 2 fully saturated rings. The lowest BCUT2D eigenvalue weighted by atomic mass is 9.86. The van der Waals surface area contributed by atoms with Gasteiger partial charge in [-0.25, -0.2) is 0 Å². The number of aliphatic hydroxyl groups excluding tert-OH is 3. The van der Waals surface area contributed by atoms with Crippen molar-refractivity contribution >= 4 is 28.7 Å². The number of aliphatic imine (C=N–C) groups is 1. The zero-order valence-electron chi connectivity index (χ0n) is 30.3. The minimum absolute atomic E-state index is 0.0167. The predicted molar refractivity (Wildman–Crippen MR) is 200 cm³/mol. The largest absolute Gasteiger partial charge is 0.506 e. The van der Waals surface area contributed by atoms with Crippen molar-refractivity contribution in [2.75, 3.05) is 33.5 Å². The smallest absolute Gasteiger partial charge is 0.254 e. The number of phenols is 1. The van der Waals surface area contributed by atoms with Gasteiger partial charge in [0.15, 0.2) is 17.1 Å². The second-order valence-corrected chi connectivity index (χ2v) is 14.7. The van der Waals surface area contributed by atoms with E-state index in [4.69, 9.17) is 18.9 Å². The average molecular weight is 752 g/mol. The van der Waals surface area contributed by atoms with Crippen LogP contribution in [0.2, 0.25) is 0 Å². The lowest BCUT2D eigenvalue weighted by molar-refractivity contribution is -0.328. The number of aliphatic hydroxyl groups is 4. The van der Waals surface area contributed by atoms with Crippen LogP contribution in [0, 0.1) is 6.42 Å². The van der Waals surface area contributed by atoms with Crippen LogP contribution in [-0.4, -0.2) is 112 Å². The molecule has 55 heavy (non-hydrogen) atoms. The van der Waals surface area contributed by atoms with Crippen molar-refractivity contribution in [2.45, 2.75) is 68.3 Å². The first-order chi connectivity index (χ1) is 26.6. The first-order valence-corrected chi connectivity index (χ1v) is 18.5. The van der Waals surface area contributed by atoms with Crippen molar-refractivity contribution in [3.8, 4) is 17.2 Å². The number of carbonyl (C=O) groups excluding carboxylic acids is 2. The van der Waals surface area contributed by atoms with E-state index >= 15 is 0 Å². The van der Waals surface area contributed by atoms with Gasteiger partial charge in [0.25, 0.3) is 5.91 Å². The van der Waals surface area contributed by atoms with Crippen LogP contribution in [0.5, 0.6) is 17.2 Å². The SMILES string of the molecule is COc1cc(OC2OC(COCC3=C4[CH+]C=CC=C4N=C3)C(O)C(O)C2(O)CO)c2c(O)c(C(=O)CN3Cc4ccccc4C3=O)c(C3CCCC3)cc2c1. The first-order valence-electron chi connectivity index (χ1n) is 18.5. The molecule has 5 unspecified atom stereocenters. The molecule has 13 heteroatoms. The molecule has 5 aliphatic rings. The molecule has 0 radical (unpaired) electrons. The fourth-order valence-electron chi connectivity index (χ4n) is 8.26. The van der Waals surface area contributed by atoms with E-state index in [1.807, 2.05) is 42.8 Å². The van der Waals surface area contributed by atoms with Crippen LogP contribution >= 0.6 is 0 Å². The van der Waals surface area contributed by atoms with Gasteiger partial charge < -0.3 is 49.4 Å². The molecule has 2 aliphatic carbocycles. The van der Waals surface area contributed by atoms with E-state index in [0.29, 0.717) is 22.3 Å². The van der Waals surface area contributed by atoms with E-state index in [-0.39, 0.29) is 60.6 Å². The molecule has 3 aliphatic heterocycles. The van der Waals surface area contributed by atoms with Crippen LogP contribution in [0.15, 0.2) is 82.5 Å². The Balaban J connectivity index is 1.12. The summed E-state index contributed by atoms with van der Waals surface area (Å²) in [5.74, 6) is -0.885. The third-order valence-electron chi connectivity index (χ3n) is 11.3. The van der Waals surface area contributed by atoms with Gasteiger partial charge >= 0.3 is 0 Å². The minimum atomic E-state index is -2.53. The molecule has 0 spiro atoms. The van der Waals surface area contributed by atoms with Crippen LogP contribution in [0.25, 0.3) is 10.8 Å². The van der Waals surface area contributed by atoms with Crippen molar-refractivity contribution in [3.63, 3.8) is 0 Å². The Morgan fingerprint density at radius 2 is 1.95 bits per heavy atom. The average Bonchev–Trinajstić information content (AvgIpc) is 3.95. The zero-order chi connectivity index (χ0) is 38.4. The van der Waals surface area contributed by atoms with Gasteiger partial charge in [0.2, 0.25) is 6.29 Å². The van der Waals surface area contributed by atoms with Gasteiger partial charge in [-0.2, -0.15) is 4.99 Å². The maximum atomic E-state index is 14.3. The lowest BCUT2D eigenvalue weighted by Crippen LogP contribution is -2.69. The quantitative estimate of drug-likeness (QED) is 0.134. The number of carbonyl (C=O) groups is 2. The Morgan fingerprint density at radius 1 is 1.15 bits per heavy atom. The number of hydrogen-bond donors (Lipinski definition) is 5. The number of ketones is 1. The Morgan fingerprint density at radius 3 is 2.71 bits per heavy atom. The number of phenolic OH excluding ortho intramolecular Hbond substituents is 1. The van der Waals surface area contributed by atoms with Crippen molar-refractivity contribution in [2.24, 2.45) is 4.99 Å². The van der Waals surface area contributed by atoms with Gasteiger partial charge in [-0.05, 0) is 53.5 Å². The highest BCUT2D eigenvalue weighted by molar-refractivity contribution is 6.11. The van der Waals surface area contributed by atoms with E-state index in [9.17, 15) is 35.1 Å². The number of nitrogens with zero attached hydrogens (tertiary/aromatic N) is 2. The summed E-state index contributed by atoms with van der Waals surface area (Å²) in [4.78, 5) is 33.4. The Labute approximate surface area is 317 Å². The van der Waals surface area contributed by atoms with Gasteiger partial charge in [-0.1, -0.05) is 31.0 Å². The maximum absolute atomic E-state index is 14.3. The molecular formula is C42H43N2O11+. The van der Waals surface area contributed by atoms with E-state index < -0.39 is 42.6 Å². The van der Waals surface area contributed by atoms with Crippen molar-refractivity contribution < 1.29 is 54.1 Å². The fraction of sp³-hybridized carbons (Fsp3) is 0.381. The van der Waals surface area contributed by atoms with E-state index in [1.54, 1.807) is 24.4 Å². The molecule has 1 amide bonds. The van der Waals surface area contributed by atoms with Crippen LogP contribution in [0.3, 0.4) is 0 Å². The summed E-state index contributed by atoms with van der Waals surface area (Å²) >= 11 is 0. The molecule has 5 N–H and O–H groups in total. The number of methoxy groups -OCH3 is 1. The van der Waals surface area contributed by atoms with Crippen LogP contribution < -0.4 is 9.47 Å². The van der Waals surface area contributed by atoms with Gasteiger partial charge in [-0.15, -0.1) is 0 Å². The van der Waals surface area contributed by atoms with Crippen molar-refractivity contribution in [3.05, 3.63) is 106 Å². The highest BCUT2D eigenvalue weighted by Gasteiger charge is 2.56. The normalized spacial score (nSPS) is 26.0. The van der Waals surface area contributed by atoms with Gasteiger partial charge in [0, 0.05) is 42.8 Å². The van der Waals surface area contributed by atoms with Crippen molar-refractivity contribution in [1.82, 2.24) is 4.90 Å². The number of allylic oxidation sites excluding steroid dienone is 4. The predicted octanol–water partition coefficient (Wildman–Crippen LogP) is 3.65. The maximum Gasteiger partial charge on any atom is 0.254 e. The number of hydrogen-bond acceptors (Lipinski definition) is 12. The van der Waals surface area contributed by atoms with Crippen molar-refractivity contribution in [1.29, 1.82) is 0 Å². The molecule has 3 heterocycles. The molecule has 8 rings (SSSR count). The minimum Gasteiger partial charge on any atom is -0.506 e. The number of ether oxygens (including phenoxy) is 4. The number of amides is 1. The van der Waals surface area contributed by atoms with E-state index in [1.165, 1.54) is 18.1 Å². The topological polar surface area (TPSA) is 188 Å². The molecule has 0 bridgehead atoms. The molecule has 1 saturated carbocycles. The molecule has 0 aromatic heterocycles.